The lowest BCUT2D eigenvalue weighted by atomic mass is 9.83. The molecule has 2 amide bonds. The van der Waals surface area contributed by atoms with Crippen molar-refractivity contribution in [3.8, 4) is 0 Å². The van der Waals surface area contributed by atoms with Gasteiger partial charge in [0.2, 0.25) is 15.9 Å². The predicted molar refractivity (Wildman–Crippen MR) is 145 cm³/mol. The Morgan fingerprint density at radius 2 is 1.70 bits per heavy atom. The van der Waals surface area contributed by atoms with Crippen molar-refractivity contribution in [1.29, 1.82) is 0 Å². The molecule has 206 valence electrons. The summed E-state index contributed by atoms with van der Waals surface area (Å²) in [5.74, 6) is -1.19. The zero-order valence-electron chi connectivity index (χ0n) is 21.7. The van der Waals surface area contributed by atoms with Gasteiger partial charge < -0.3 is 19.7 Å². The van der Waals surface area contributed by atoms with E-state index in [1.807, 2.05) is 0 Å². The minimum Gasteiger partial charge on any atom is -0.467 e. The van der Waals surface area contributed by atoms with Crippen molar-refractivity contribution < 1.29 is 32.3 Å². The fraction of sp³-hybridized carbons (Fsp3) is 0.640. The zero-order chi connectivity index (χ0) is 27.4. The van der Waals surface area contributed by atoms with E-state index in [2.05, 4.69) is 32.6 Å². The highest BCUT2D eigenvalue weighted by atomic mass is 127. The third-order valence-electron chi connectivity index (χ3n) is 6.56. The molecule has 1 aromatic carbocycles. The summed E-state index contributed by atoms with van der Waals surface area (Å²) in [6.07, 6.45) is 3.79. The van der Waals surface area contributed by atoms with Crippen LogP contribution in [0.25, 0.3) is 0 Å². The van der Waals surface area contributed by atoms with Gasteiger partial charge in [-0.25, -0.2) is 22.7 Å². The summed E-state index contributed by atoms with van der Waals surface area (Å²) >= 11 is 2.09. The van der Waals surface area contributed by atoms with Crippen LogP contribution in [0.4, 0.5) is 4.79 Å². The molecule has 2 aliphatic rings. The van der Waals surface area contributed by atoms with Crippen LogP contribution in [0.5, 0.6) is 0 Å². The van der Waals surface area contributed by atoms with Crippen LogP contribution in [0.15, 0.2) is 29.2 Å². The van der Waals surface area contributed by atoms with E-state index in [9.17, 15) is 22.8 Å². The molecule has 0 bridgehead atoms. The van der Waals surface area contributed by atoms with Gasteiger partial charge in [-0.2, -0.15) is 0 Å². The van der Waals surface area contributed by atoms with Crippen LogP contribution in [0.1, 0.15) is 59.3 Å². The Balaban J connectivity index is 1.83. The smallest absolute Gasteiger partial charge is 0.408 e. The van der Waals surface area contributed by atoms with Crippen LogP contribution in [0, 0.1) is 9.49 Å². The number of esters is 1. The molecule has 1 saturated carbocycles. The summed E-state index contributed by atoms with van der Waals surface area (Å²) < 4.78 is 39.8. The molecule has 0 radical (unpaired) electrons. The fourth-order valence-corrected chi connectivity index (χ4v) is 6.49. The van der Waals surface area contributed by atoms with Crippen molar-refractivity contribution in [3.63, 3.8) is 0 Å². The first kappa shape index (κ1) is 29.6. The maximum absolute atomic E-state index is 13.9. The number of carbonyl (C=O) groups excluding carboxylic acids is 3. The number of likely N-dealkylation sites (tertiary alicyclic amines) is 1. The SMILES string of the molecule is COC(=O)[C@H]1C[C@@H](NS(=O)(=O)c2ccc(I)cc2)CN1C(=O)[C@@H](NC(=O)OC(C)(C)C)C1CCCCC1. The van der Waals surface area contributed by atoms with Crippen molar-refractivity contribution in [1.82, 2.24) is 14.9 Å². The molecule has 12 heteroatoms. The predicted octanol–water partition coefficient (Wildman–Crippen LogP) is 3.19. The van der Waals surface area contributed by atoms with E-state index in [-0.39, 0.29) is 23.8 Å². The number of nitrogens with zero attached hydrogens (tertiary/aromatic N) is 1. The molecule has 1 aliphatic heterocycles. The van der Waals surface area contributed by atoms with E-state index in [1.165, 1.54) is 24.1 Å². The number of halogens is 1. The Labute approximate surface area is 232 Å². The lowest BCUT2D eigenvalue weighted by Crippen LogP contribution is -2.56. The molecular formula is C25H36IN3O7S. The van der Waals surface area contributed by atoms with Crippen LogP contribution in [-0.2, 0) is 29.1 Å². The largest absolute Gasteiger partial charge is 0.467 e. The van der Waals surface area contributed by atoms with Gasteiger partial charge in [-0.15, -0.1) is 0 Å². The number of rotatable bonds is 7. The van der Waals surface area contributed by atoms with Crippen molar-refractivity contribution in [3.05, 3.63) is 27.8 Å². The lowest BCUT2D eigenvalue weighted by Gasteiger charge is -2.34. The standard InChI is InChI=1S/C25H36IN3O7S/c1-25(2,3)36-24(32)27-21(16-8-6-5-7-9-16)22(30)29-15-18(14-20(29)23(31)35-4)28-37(33,34)19-12-10-17(26)11-13-19/h10-13,16,18,20-21,28H,5-9,14-15H2,1-4H3,(H,27,32)/t18-,20-,21+/m1/s1. The lowest BCUT2D eigenvalue weighted by molar-refractivity contribution is -0.152. The Morgan fingerprint density at radius 1 is 1.08 bits per heavy atom. The van der Waals surface area contributed by atoms with Gasteiger partial charge in [-0.3, -0.25) is 4.79 Å². The van der Waals surface area contributed by atoms with E-state index in [4.69, 9.17) is 9.47 Å². The zero-order valence-corrected chi connectivity index (χ0v) is 24.6. The number of amides is 2. The highest BCUT2D eigenvalue weighted by Crippen LogP contribution is 2.30. The fourth-order valence-electron chi connectivity index (χ4n) is 4.89. The topological polar surface area (TPSA) is 131 Å². The van der Waals surface area contributed by atoms with E-state index in [0.717, 1.165) is 35.7 Å². The third-order valence-corrected chi connectivity index (χ3v) is 8.82. The van der Waals surface area contributed by atoms with Crippen LogP contribution in [0.3, 0.4) is 0 Å². The van der Waals surface area contributed by atoms with Gasteiger partial charge in [-0.05, 0) is 92.8 Å². The van der Waals surface area contributed by atoms with Crippen LogP contribution in [-0.4, -0.2) is 68.7 Å². The van der Waals surface area contributed by atoms with Gasteiger partial charge in [0, 0.05) is 16.2 Å². The minimum absolute atomic E-state index is 0.0264. The number of hydrogen-bond acceptors (Lipinski definition) is 7. The average Bonchev–Trinajstić information content (AvgIpc) is 3.24. The second kappa shape index (κ2) is 12.3. The minimum atomic E-state index is -3.88. The monoisotopic (exact) mass is 649 g/mol. The normalized spacial score (nSPS) is 21.8. The molecule has 0 unspecified atom stereocenters. The molecule has 0 aromatic heterocycles. The molecule has 1 heterocycles. The number of carbonyl (C=O) groups is 3. The molecule has 0 spiro atoms. The molecule has 1 aliphatic carbocycles. The van der Waals surface area contributed by atoms with Crippen LogP contribution >= 0.6 is 22.6 Å². The summed E-state index contributed by atoms with van der Waals surface area (Å²) in [6, 6.07) is 3.81. The number of methoxy groups -OCH3 is 1. The molecule has 1 aromatic rings. The van der Waals surface area contributed by atoms with Crippen molar-refractivity contribution in [2.45, 2.75) is 87.9 Å². The number of alkyl carbamates (subject to hydrolysis) is 1. The van der Waals surface area contributed by atoms with E-state index >= 15 is 0 Å². The summed E-state index contributed by atoms with van der Waals surface area (Å²) in [5, 5.41) is 2.75. The summed E-state index contributed by atoms with van der Waals surface area (Å²) in [6.45, 7) is 5.19. The van der Waals surface area contributed by atoms with Gasteiger partial charge in [0.05, 0.1) is 12.0 Å². The first-order valence-electron chi connectivity index (χ1n) is 12.5. The first-order chi connectivity index (χ1) is 17.3. The summed E-state index contributed by atoms with van der Waals surface area (Å²) in [4.78, 5) is 40.6. The van der Waals surface area contributed by atoms with Gasteiger partial charge >= 0.3 is 12.1 Å². The second-order valence-corrected chi connectivity index (χ2v) is 13.5. The molecule has 10 nitrogen and oxygen atoms in total. The number of hydrogen-bond donors (Lipinski definition) is 2. The quantitative estimate of drug-likeness (QED) is 0.343. The highest BCUT2D eigenvalue weighted by Gasteiger charge is 2.45. The van der Waals surface area contributed by atoms with Gasteiger partial charge in [0.1, 0.15) is 17.7 Å². The number of benzene rings is 1. The van der Waals surface area contributed by atoms with Crippen LogP contribution < -0.4 is 10.0 Å². The van der Waals surface area contributed by atoms with E-state index < -0.39 is 51.7 Å². The molecule has 2 N–H and O–H groups in total. The maximum atomic E-state index is 13.9. The molecule has 1 saturated heterocycles. The van der Waals surface area contributed by atoms with Gasteiger partial charge in [0.15, 0.2) is 0 Å². The molecule has 3 rings (SSSR count). The Morgan fingerprint density at radius 3 is 2.27 bits per heavy atom. The molecular weight excluding hydrogens is 613 g/mol. The Hall–Kier alpha value is -1.93. The van der Waals surface area contributed by atoms with Crippen molar-refractivity contribution in [2.24, 2.45) is 5.92 Å². The van der Waals surface area contributed by atoms with Crippen molar-refractivity contribution in [2.75, 3.05) is 13.7 Å². The highest BCUT2D eigenvalue weighted by molar-refractivity contribution is 14.1. The van der Waals surface area contributed by atoms with Gasteiger partial charge in [-0.1, -0.05) is 19.3 Å². The third kappa shape index (κ3) is 8.03. The Kier molecular flexibility index (Phi) is 9.84. The molecule has 2 fully saturated rings. The second-order valence-electron chi connectivity index (χ2n) is 10.6. The van der Waals surface area contributed by atoms with Gasteiger partial charge in [0.25, 0.3) is 0 Å². The van der Waals surface area contributed by atoms with E-state index in [1.54, 1.807) is 32.9 Å². The maximum Gasteiger partial charge on any atom is 0.408 e. The molecule has 3 atom stereocenters. The summed E-state index contributed by atoms with van der Waals surface area (Å²) in [7, 11) is -2.65. The van der Waals surface area contributed by atoms with Crippen molar-refractivity contribution >= 4 is 50.6 Å². The average molecular weight is 650 g/mol. The molecule has 37 heavy (non-hydrogen) atoms. The number of nitrogens with one attached hydrogen (secondary N) is 2. The Bertz CT molecular complexity index is 1080. The number of ether oxygens (including phenoxy) is 2. The first-order valence-corrected chi connectivity index (χ1v) is 15.0. The van der Waals surface area contributed by atoms with Crippen LogP contribution in [0.2, 0.25) is 0 Å². The summed E-state index contributed by atoms with van der Waals surface area (Å²) in [5.41, 5.74) is -0.745. The number of sulfonamides is 1. The van der Waals surface area contributed by atoms with E-state index in [0.29, 0.717) is 0 Å².